The Bertz CT molecular complexity index is 1080. The number of hydrogen-bond acceptors (Lipinski definition) is 6. The minimum atomic E-state index is -3.67. The number of carbonyl (C=O) groups is 1. The third kappa shape index (κ3) is 5.36. The quantitative estimate of drug-likeness (QED) is 0.728. The Morgan fingerprint density at radius 1 is 1.10 bits per heavy atom. The summed E-state index contributed by atoms with van der Waals surface area (Å²) in [5, 5.41) is 0. The number of carbonyl (C=O) groups excluding carboxylic acids is 1. The lowest BCUT2D eigenvalue weighted by molar-refractivity contribution is -0.135. The first-order valence-corrected chi connectivity index (χ1v) is 13.3. The smallest absolute Gasteiger partial charge is 0.308 e. The van der Waals surface area contributed by atoms with Crippen molar-refractivity contribution in [1.29, 1.82) is 0 Å². The predicted molar refractivity (Wildman–Crippen MR) is 120 cm³/mol. The fraction of sp³-hybridized carbons (Fsp3) is 0.619. The van der Waals surface area contributed by atoms with Gasteiger partial charge in [-0.05, 0) is 31.0 Å². The molecule has 1 N–H and O–H groups in total. The Hall–Kier alpha value is -1.75. The number of ether oxygens (including phenoxy) is 1. The summed E-state index contributed by atoms with van der Waals surface area (Å²) in [5.74, 6) is -0.132. The molecule has 10 heteroatoms. The van der Waals surface area contributed by atoms with E-state index in [0.717, 1.165) is 49.9 Å². The van der Waals surface area contributed by atoms with Gasteiger partial charge in [-0.1, -0.05) is 43.4 Å². The van der Waals surface area contributed by atoms with Gasteiger partial charge >= 0.3 is 4.87 Å². The largest absolute Gasteiger partial charge is 0.378 e. The minimum Gasteiger partial charge on any atom is -0.378 e. The van der Waals surface area contributed by atoms with Gasteiger partial charge in [-0.25, -0.2) is 13.1 Å². The Morgan fingerprint density at radius 3 is 2.48 bits per heavy atom. The number of hydrogen-bond donors (Lipinski definition) is 1. The van der Waals surface area contributed by atoms with Crippen LogP contribution in [0.25, 0.3) is 10.2 Å². The summed E-state index contributed by atoms with van der Waals surface area (Å²) in [6, 6.07) is 4.65. The molecule has 170 valence electrons. The number of amides is 1. The average Bonchev–Trinajstić information content (AvgIpc) is 3.05. The van der Waals surface area contributed by atoms with Crippen LogP contribution < -0.4 is 9.60 Å². The first-order chi connectivity index (χ1) is 14.9. The van der Waals surface area contributed by atoms with Gasteiger partial charge in [0.1, 0.15) is 6.54 Å². The van der Waals surface area contributed by atoms with Gasteiger partial charge in [0.15, 0.2) is 0 Å². The zero-order valence-electron chi connectivity index (χ0n) is 17.5. The van der Waals surface area contributed by atoms with Gasteiger partial charge in [0.05, 0.1) is 28.3 Å². The maximum atomic E-state index is 13.0. The summed E-state index contributed by atoms with van der Waals surface area (Å²) < 4.78 is 36.0. The van der Waals surface area contributed by atoms with Crippen molar-refractivity contribution in [3.63, 3.8) is 0 Å². The van der Waals surface area contributed by atoms with Gasteiger partial charge < -0.3 is 9.64 Å². The van der Waals surface area contributed by atoms with Crippen LogP contribution in [0, 0.1) is 0 Å². The molecule has 0 bridgehead atoms. The van der Waals surface area contributed by atoms with Gasteiger partial charge in [-0.2, -0.15) is 0 Å². The van der Waals surface area contributed by atoms with Gasteiger partial charge in [0.2, 0.25) is 15.9 Å². The van der Waals surface area contributed by atoms with E-state index in [4.69, 9.17) is 4.74 Å². The summed E-state index contributed by atoms with van der Waals surface area (Å²) >= 11 is 0.970. The summed E-state index contributed by atoms with van der Waals surface area (Å²) in [6.45, 7) is 1.99. The molecule has 4 rings (SSSR count). The first kappa shape index (κ1) is 22.4. The van der Waals surface area contributed by atoms with Crippen molar-refractivity contribution in [3.8, 4) is 0 Å². The number of rotatable bonds is 5. The van der Waals surface area contributed by atoms with Crippen LogP contribution in [0.4, 0.5) is 0 Å². The van der Waals surface area contributed by atoms with Gasteiger partial charge in [0, 0.05) is 19.1 Å². The van der Waals surface area contributed by atoms with E-state index >= 15 is 0 Å². The topological polar surface area (TPSA) is 97.7 Å². The number of aromatic nitrogens is 1. The number of benzene rings is 1. The van der Waals surface area contributed by atoms with E-state index in [2.05, 4.69) is 4.72 Å². The second-order valence-electron chi connectivity index (χ2n) is 8.24. The molecule has 2 aromatic rings. The van der Waals surface area contributed by atoms with Crippen LogP contribution in [0.5, 0.6) is 0 Å². The average molecular weight is 468 g/mol. The van der Waals surface area contributed by atoms with Crippen molar-refractivity contribution < 1.29 is 17.9 Å². The standard InChI is InChI=1S/C21H29N3O5S2/c25-20(23-10-12-29-13-11-23)15-24-18-9-8-17(14-19(18)30-21(24)26)31(27,28)22-16-6-4-2-1-3-5-7-16/h8-9,14,16,22H,1-7,10-13,15H2. The van der Waals surface area contributed by atoms with Crippen LogP contribution in [0.1, 0.15) is 44.9 Å². The molecule has 2 aliphatic rings. The van der Waals surface area contributed by atoms with Crippen molar-refractivity contribution in [2.24, 2.45) is 0 Å². The van der Waals surface area contributed by atoms with Crippen molar-refractivity contribution in [3.05, 3.63) is 27.9 Å². The molecule has 31 heavy (non-hydrogen) atoms. The van der Waals surface area contributed by atoms with Crippen LogP contribution in [0.15, 0.2) is 27.9 Å². The molecule has 1 aromatic heterocycles. The van der Waals surface area contributed by atoms with E-state index in [9.17, 15) is 18.0 Å². The molecule has 1 aliphatic carbocycles. The molecule has 0 atom stereocenters. The molecule has 8 nitrogen and oxygen atoms in total. The molecule has 2 heterocycles. The van der Waals surface area contributed by atoms with Gasteiger partial charge in [-0.15, -0.1) is 0 Å². The maximum absolute atomic E-state index is 13.0. The number of fused-ring (bicyclic) bond motifs is 1. The molecular formula is C21H29N3O5S2. The van der Waals surface area contributed by atoms with Crippen LogP contribution in [0.2, 0.25) is 0 Å². The van der Waals surface area contributed by atoms with E-state index in [1.165, 1.54) is 17.1 Å². The summed E-state index contributed by atoms with van der Waals surface area (Å²) in [5.41, 5.74) is 0.585. The van der Waals surface area contributed by atoms with Crippen molar-refractivity contribution in [1.82, 2.24) is 14.2 Å². The monoisotopic (exact) mass is 467 g/mol. The molecule has 0 unspecified atom stereocenters. The van der Waals surface area contributed by atoms with E-state index < -0.39 is 10.0 Å². The Labute approximate surface area is 186 Å². The second kappa shape index (κ2) is 9.81. The van der Waals surface area contributed by atoms with E-state index in [-0.39, 0.29) is 28.3 Å². The van der Waals surface area contributed by atoms with Crippen molar-refractivity contribution in [2.75, 3.05) is 26.3 Å². The number of sulfonamides is 1. The summed E-state index contributed by atoms with van der Waals surface area (Å²) in [7, 11) is -3.67. The predicted octanol–water partition coefficient (Wildman–Crippen LogP) is 2.31. The number of thiazole rings is 1. The zero-order valence-corrected chi connectivity index (χ0v) is 19.2. The lowest BCUT2D eigenvalue weighted by Gasteiger charge is -2.26. The lowest BCUT2D eigenvalue weighted by Crippen LogP contribution is -2.43. The third-order valence-electron chi connectivity index (χ3n) is 6.03. The first-order valence-electron chi connectivity index (χ1n) is 11.0. The summed E-state index contributed by atoms with van der Waals surface area (Å²) in [6.07, 6.45) is 7.30. The third-order valence-corrected chi connectivity index (χ3v) is 8.49. The van der Waals surface area contributed by atoms with Crippen LogP contribution in [-0.2, 0) is 26.1 Å². The van der Waals surface area contributed by atoms with Crippen LogP contribution >= 0.6 is 11.3 Å². The van der Waals surface area contributed by atoms with Crippen LogP contribution in [-0.4, -0.2) is 56.1 Å². The van der Waals surface area contributed by atoms with Crippen molar-refractivity contribution in [2.45, 2.75) is 62.4 Å². The SMILES string of the molecule is O=C(Cn1c(=O)sc2cc(S(=O)(=O)NC3CCCCCCC3)ccc21)N1CCOCC1. The summed E-state index contributed by atoms with van der Waals surface area (Å²) in [4.78, 5) is 26.7. The van der Waals surface area contributed by atoms with E-state index in [1.807, 2.05) is 0 Å². The highest BCUT2D eigenvalue weighted by Gasteiger charge is 2.23. The second-order valence-corrected chi connectivity index (χ2v) is 10.9. The number of nitrogens with zero attached hydrogens (tertiary/aromatic N) is 2. The molecule has 0 spiro atoms. The highest BCUT2D eigenvalue weighted by molar-refractivity contribution is 7.89. The molecule has 1 aromatic carbocycles. The molecule has 1 amide bonds. The van der Waals surface area contributed by atoms with E-state index in [0.29, 0.717) is 36.5 Å². The van der Waals surface area contributed by atoms with Gasteiger partial charge in [0.25, 0.3) is 0 Å². The van der Waals surface area contributed by atoms with Crippen LogP contribution in [0.3, 0.4) is 0 Å². The Balaban J connectivity index is 1.52. The fourth-order valence-corrected chi connectivity index (χ4v) is 6.61. The molecule has 0 radical (unpaired) electrons. The minimum absolute atomic E-state index is 0.0459. The zero-order chi connectivity index (χ0) is 21.8. The van der Waals surface area contributed by atoms with Gasteiger partial charge in [-0.3, -0.25) is 14.2 Å². The maximum Gasteiger partial charge on any atom is 0.308 e. The highest BCUT2D eigenvalue weighted by atomic mass is 32.2. The Kier molecular flexibility index (Phi) is 7.10. The Morgan fingerprint density at radius 2 is 1.77 bits per heavy atom. The van der Waals surface area contributed by atoms with Crippen molar-refractivity contribution >= 4 is 37.5 Å². The molecular weight excluding hydrogens is 438 g/mol. The normalized spacial score (nSPS) is 19.3. The molecule has 1 aliphatic heterocycles. The molecule has 1 saturated heterocycles. The molecule has 1 saturated carbocycles. The highest BCUT2D eigenvalue weighted by Crippen LogP contribution is 2.24. The van der Waals surface area contributed by atoms with E-state index in [1.54, 1.807) is 17.0 Å². The lowest BCUT2D eigenvalue weighted by atomic mass is 9.97. The molecule has 2 fully saturated rings. The number of morpholine rings is 1. The number of nitrogens with one attached hydrogen (secondary N) is 1. The fourth-order valence-electron chi connectivity index (χ4n) is 4.27.